The van der Waals surface area contributed by atoms with Crippen LogP contribution in [0.3, 0.4) is 0 Å². The number of carbonyl (C=O) groups excluding carboxylic acids is 1. The minimum atomic E-state index is 0. The number of rotatable bonds is 6. The number of carbonyl (C=O) groups is 1. The molecule has 0 radical (unpaired) electrons. The van der Waals surface area contributed by atoms with E-state index in [0.29, 0.717) is 12.6 Å². The number of amides is 1. The number of guanidine groups is 1. The number of nitrogens with zero attached hydrogens (tertiary/aromatic N) is 4. The molecule has 0 aromatic heterocycles. The van der Waals surface area contributed by atoms with Gasteiger partial charge in [0.05, 0.1) is 13.2 Å². The predicted molar refractivity (Wildman–Crippen MR) is 132 cm³/mol. The third-order valence-corrected chi connectivity index (χ3v) is 5.60. The molecule has 1 N–H and O–H groups in total. The van der Waals surface area contributed by atoms with E-state index in [9.17, 15) is 4.79 Å². The Kier molecular flexibility index (Phi) is 10.3. The second-order valence-electron chi connectivity index (χ2n) is 7.92. The molecular weight excluding hydrogens is 493 g/mol. The average molecular weight is 529 g/mol. The third-order valence-electron chi connectivity index (χ3n) is 5.60. The third kappa shape index (κ3) is 6.81. The van der Waals surface area contributed by atoms with Gasteiger partial charge in [0.2, 0.25) is 0 Å². The molecular formula is C22H36IN5O2. The SMILES string of the molecule is CCNC(=NCCc1cccc(C(=O)N(C)C)c1)N1CCC(N2CCOCC2)C1.I. The summed E-state index contributed by atoms with van der Waals surface area (Å²) in [5.74, 6) is 1.04. The molecule has 0 saturated carbocycles. The minimum absolute atomic E-state index is 0. The molecule has 2 fully saturated rings. The summed E-state index contributed by atoms with van der Waals surface area (Å²) < 4.78 is 5.49. The highest BCUT2D eigenvalue weighted by molar-refractivity contribution is 14.0. The van der Waals surface area contributed by atoms with E-state index < -0.39 is 0 Å². The van der Waals surface area contributed by atoms with E-state index in [1.54, 1.807) is 19.0 Å². The molecule has 0 spiro atoms. The fourth-order valence-electron chi connectivity index (χ4n) is 4.01. The Bertz CT molecular complexity index is 707. The van der Waals surface area contributed by atoms with Crippen LogP contribution < -0.4 is 5.32 Å². The van der Waals surface area contributed by atoms with Crippen LogP contribution in [-0.4, -0.2) is 99.2 Å². The molecule has 0 bridgehead atoms. The molecule has 2 aliphatic heterocycles. The fourth-order valence-corrected chi connectivity index (χ4v) is 4.01. The van der Waals surface area contributed by atoms with Crippen molar-refractivity contribution < 1.29 is 9.53 Å². The van der Waals surface area contributed by atoms with Crippen molar-refractivity contribution in [2.24, 2.45) is 4.99 Å². The molecule has 2 saturated heterocycles. The molecule has 1 atom stereocenters. The maximum absolute atomic E-state index is 12.2. The maximum atomic E-state index is 12.2. The molecule has 1 unspecified atom stereocenters. The van der Waals surface area contributed by atoms with Gasteiger partial charge in [-0.05, 0) is 37.5 Å². The first kappa shape index (κ1) is 24.9. The Balaban J connectivity index is 0.00000320. The Morgan fingerprint density at radius 2 is 2.03 bits per heavy atom. The van der Waals surface area contributed by atoms with Gasteiger partial charge in [0.25, 0.3) is 5.91 Å². The van der Waals surface area contributed by atoms with Gasteiger partial charge >= 0.3 is 0 Å². The molecule has 1 aromatic rings. The van der Waals surface area contributed by atoms with Gasteiger partial charge in [0.1, 0.15) is 0 Å². The molecule has 8 heteroatoms. The lowest BCUT2D eigenvalue weighted by atomic mass is 10.1. The summed E-state index contributed by atoms with van der Waals surface area (Å²) in [7, 11) is 3.56. The van der Waals surface area contributed by atoms with Crippen LogP contribution in [0.25, 0.3) is 0 Å². The lowest BCUT2D eigenvalue weighted by Crippen LogP contribution is -2.46. The van der Waals surface area contributed by atoms with Crippen molar-refractivity contribution in [1.82, 2.24) is 20.0 Å². The Hall–Kier alpha value is -1.39. The summed E-state index contributed by atoms with van der Waals surface area (Å²) >= 11 is 0. The zero-order chi connectivity index (χ0) is 20.6. The minimum Gasteiger partial charge on any atom is -0.379 e. The van der Waals surface area contributed by atoms with E-state index in [1.807, 2.05) is 18.2 Å². The number of likely N-dealkylation sites (tertiary alicyclic amines) is 1. The van der Waals surface area contributed by atoms with Crippen molar-refractivity contribution in [2.75, 3.05) is 66.6 Å². The molecule has 2 aliphatic rings. The lowest BCUT2D eigenvalue weighted by Gasteiger charge is -2.32. The predicted octanol–water partition coefficient (Wildman–Crippen LogP) is 1.92. The van der Waals surface area contributed by atoms with Crippen molar-refractivity contribution in [3.8, 4) is 0 Å². The van der Waals surface area contributed by atoms with Crippen LogP contribution in [0.1, 0.15) is 29.3 Å². The number of benzene rings is 1. The van der Waals surface area contributed by atoms with Gasteiger partial charge in [-0.3, -0.25) is 14.7 Å². The first-order valence-corrected chi connectivity index (χ1v) is 10.7. The second-order valence-corrected chi connectivity index (χ2v) is 7.92. The average Bonchev–Trinajstić information content (AvgIpc) is 3.23. The highest BCUT2D eigenvalue weighted by atomic mass is 127. The smallest absolute Gasteiger partial charge is 0.253 e. The molecule has 3 rings (SSSR count). The summed E-state index contributed by atoms with van der Waals surface area (Å²) in [4.78, 5) is 23.6. The van der Waals surface area contributed by atoms with Gasteiger partial charge in [0, 0.05) is 65.0 Å². The largest absolute Gasteiger partial charge is 0.379 e. The molecule has 0 aliphatic carbocycles. The van der Waals surface area contributed by atoms with Crippen LogP contribution in [0.4, 0.5) is 0 Å². The highest BCUT2D eigenvalue weighted by Crippen LogP contribution is 2.17. The van der Waals surface area contributed by atoms with Crippen molar-refractivity contribution in [3.05, 3.63) is 35.4 Å². The zero-order valence-corrected chi connectivity index (χ0v) is 20.8. The number of aliphatic imine (C=N–C) groups is 1. The maximum Gasteiger partial charge on any atom is 0.253 e. The number of nitrogens with one attached hydrogen (secondary N) is 1. The van der Waals surface area contributed by atoms with Crippen molar-refractivity contribution in [1.29, 1.82) is 0 Å². The van der Waals surface area contributed by atoms with Gasteiger partial charge in [-0.15, -0.1) is 24.0 Å². The van der Waals surface area contributed by atoms with Gasteiger partial charge in [-0.2, -0.15) is 0 Å². The molecule has 1 aromatic carbocycles. The van der Waals surface area contributed by atoms with Crippen LogP contribution in [0.5, 0.6) is 0 Å². The Morgan fingerprint density at radius 3 is 2.73 bits per heavy atom. The summed E-state index contributed by atoms with van der Waals surface area (Å²) in [6.07, 6.45) is 2.00. The zero-order valence-electron chi connectivity index (χ0n) is 18.5. The number of morpholine rings is 1. The highest BCUT2D eigenvalue weighted by Gasteiger charge is 2.30. The summed E-state index contributed by atoms with van der Waals surface area (Å²) in [6, 6.07) is 8.47. The van der Waals surface area contributed by atoms with Crippen molar-refractivity contribution >= 4 is 35.8 Å². The van der Waals surface area contributed by atoms with E-state index in [4.69, 9.17) is 9.73 Å². The van der Waals surface area contributed by atoms with Gasteiger partial charge in [-0.25, -0.2) is 0 Å². The first-order chi connectivity index (χ1) is 14.1. The standard InChI is InChI=1S/C22H35N5O2.HI/c1-4-23-22(27-11-9-20(17-27)26-12-14-29-15-13-26)24-10-8-18-6-5-7-19(16-18)21(28)25(2)3;/h5-7,16,20H,4,8-15,17H2,1-3H3,(H,23,24);1H. The number of hydrogen-bond donors (Lipinski definition) is 1. The van der Waals surface area contributed by atoms with E-state index >= 15 is 0 Å². The first-order valence-electron chi connectivity index (χ1n) is 10.7. The molecule has 7 nitrogen and oxygen atoms in total. The van der Waals surface area contributed by atoms with Gasteiger partial charge < -0.3 is 19.9 Å². The van der Waals surface area contributed by atoms with Crippen LogP contribution in [0.2, 0.25) is 0 Å². The normalized spacial score (nSPS) is 20.0. The molecule has 1 amide bonds. The molecule has 2 heterocycles. The van der Waals surface area contributed by atoms with E-state index in [2.05, 4.69) is 28.1 Å². The topological polar surface area (TPSA) is 60.4 Å². The van der Waals surface area contributed by atoms with Crippen molar-refractivity contribution in [2.45, 2.75) is 25.8 Å². The van der Waals surface area contributed by atoms with E-state index in [-0.39, 0.29) is 29.9 Å². The summed E-state index contributed by atoms with van der Waals surface area (Å²) in [5.41, 5.74) is 1.88. The monoisotopic (exact) mass is 529 g/mol. The van der Waals surface area contributed by atoms with Crippen LogP contribution in [-0.2, 0) is 11.2 Å². The van der Waals surface area contributed by atoms with Gasteiger partial charge in [0.15, 0.2) is 5.96 Å². The van der Waals surface area contributed by atoms with Gasteiger partial charge in [-0.1, -0.05) is 12.1 Å². The quantitative estimate of drug-likeness (QED) is 0.347. The number of hydrogen-bond acceptors (Lipinski definition) is 4. The van der Waals surface area contributed by atoms with E-state index in [0.717, 1.165) is 69.4 Å². The second kappa shape index (κ2) is 12.5. The van der Waals surface area contributed by atoms with Crippen LogP contribution >= 0.6 is 24.0 Å². The van der Waals surface area contributed by atoms with Crippen LogP contribution in [0.15, 0.2) is 29.3 Å². The van der Waals surface area contributed by atoms with Crippen LogP contribution in [0, 0.1) is 0 Å². The Morgan fingerprint density at radius 1 is 1.27 bits per heavy atom. The molecule has 30 heavy (non-hydrogen) atoms. The Labute approximate surface area is 197 Å². The number of ether oxygens (including phenoxy) is 1. The molecule has 168 valence electrons. The summed E-state index contributed by atoms with van der Waals surface area (Å²) in [6.45, 7) is 9.52. The summed E-state index contributed by atoms with van der Waals surface area (Å²) in [5, 5.41) is 3.45. The lowest BCUT2D eigenvalue weighted by molar-refractivity contribution is 0.0195. The fraction of sp³-hybridized carbons (Fsp3) is 0.636. The van der Waals surface area contributed by atoms with Crippen molar-refractivity contribution in [3.63, 3.8) is 0 Å². The van der Waals surface area contributed by atoms with E-state index in [1.165, 1.54) is 6.42 Å². The number of halogens is 1.